The number of nitrogens with one attached hydrogen (secondary N) is 3. The quantitative estimate of drug-likeness (QED) is 0.651. The van der Waals surface area contributed by atoms with Crippen LogP contribution in [0.15, 0.2) is 6.20 Å². The van der Waals surface area contributed by atoms with Crippen LogP contribution < -0.4 is 10.6 Å². The number of rotatable bonds is 2. The molecule has 0 spiro atoms. The molecule has 1 aliphatic rings. The van der Waals surface area contributed by atoms with Crippen LogP contribution in [-0.2, 0) is 0 Å². The van der Waals surface area contributed by atoms with Crippen LogP contribution in [0.1, 0.15) is 37.3 Å². The van der Waals surface area contributed by atoms with Gasteiger partial charge in [-0.1, -0.05) is 13.8 Å². The zero-order valence-electron chi connectivity index (χ0n) is 8.80. The summed E-state index contributed by atoms with van der Waals surface area (Å²) in [5.74, 6) is 1.55. The van der Waals surface area contributed by atoms with Crippen LogP contribution >= 0.6 is 0 Å². The van der Waals surface area contributed by atoms with Gasteiger partial charge < -0.3 is 15.6 Å². The van der Waals surface area contributed by atoms with Crippen LogP contribution in [0.25, 0.3) is 0 Å². The number of nitrogens with zero attached hydrogens (tertiary/aromatic N) is 1. The second-order valence-electron chi connectivity index (χ2n) is 4.09. The average molecular weight is 194 g/mol. The van der Waals surface area contributed by atoms with Crippen molar-refractivity contribution in [1.29, 1.82) is 0 Å². The molecule has 0 saturated carbocycles. The van der Waals surface area contributed by atoms with Crippen LogP contribution in [0.2, 0.25) is 0 Å². The molecule has 0 radical (unpaired) electrons. The van der Waals surface area contributed by atoms with E-state index in [2.05, 4.69) is 34.4 Å². The Morgan fingerprint density at radius 1 is 1.43 bits per heavy atom. The Morgan fingerprint density at radius 3 is 2.86 bits per heavy atom. The third-order valence-corrected chi connectivity index (χ3v) is 2.58. The van der Waals surface area contributed by atoms with Crippen LogP contribution in [0.5, 0.6) is 0 Å². The van der Waals surface area contributed by atoms with E-state index < -0.39 is 0 Å². The minimum Gasteiger partial charge on any atom is -0.344 e. The number of hydrogen-bond acceptors (Lipinski definition) is 3. The summed E-state index contributed by atoms with van der Waals surface area (Å²) in [7, 11) is 0. The third kappa shape index (κ3) is 1.96. The number of imidazole rings is 1. The number of H-pyrrole nitrogens is 1. The molecule has 3 N–H and O–H groups in total. The average Bonchev–Trinajstić information content (AvgIpc) is 2.68. The standard InChI is InChI=1S/C10H18N4/c1-7(2)10-13-6-9(14-10)8-5-11-3-4-12-8/h6-8,11-12H,3-5H2,1-2H3,(H,13,14). The van der Waals surface area contributed by atoms with Gasteiger partial charge in [0.15, 0.2) is 0 Å². The van der Waals surface area contributed by atoms with Gasteiger partial charge in [0.05, 0.1) is 11.7 Å². The predicted octanol–water partition coefficient (Wildman–Crippen LogP) is 0.767. The normalized spacial score (nSPS) is 22.9. The molecule has 0 aromatic carbocycles. The number of hydrogen-bond donors (Lipinski definition) is 3. The fraction of sp³-hybridized carbons (Fsp3) is 0.700. The molecule has 0 amide bonds. The lowest BCUT2D eigenvalue weighted by atomic mass is 10.2. The van der Waals surface area contributed by atoms with E-state index in [9.17, 15) is 0 Å². The molecule has 1 aromatic rings. The van der Waals surface area contributed by atoms with Crippen LogP contribution in [0.3, 0.4) is 0 Å². The highest BCUT2D eigenvalue weighted by Gasteiger charge is 2.16. The SMILES string of the molecule is CC(C)c1ncc(C2CNCCN2)[nH]1. The molecule has 1 saturated heterocycles. The molecule has 0 bridgehead atoms. The molecule has 4 nitrogen and oxygen atoms in total. The smallest absolute Gasteiger partial charge is 0.108 e. The first kappa shape index (κ1) is 9.68. The third-order valence-electron chi connectivity index (χ3n) is 2.58. The van der Waals surface area contributed by atoms with E-state index in [1.807, 2.05) is 6.20 Å². The molecule has 1 fully saturated rings. The van der Waals surface area contributed by atoms with Gasteiger partial charge in [0.25, 0.3) is 0 Å². The van der Waals surface area contributed by atoms with E-state index in [4.69, 9.17) is 0 Å². The van der Waals surface area contributed by atoms with Gasteiger partial charge in [-0.25, -0.2) is 4.98 Å². The molecule has 2 rings (SSSR count). The van der Waals surface area contributed by atoms with Gasteiger partial charge in [0.2, 0.25) is 0 Å². The van der Waals surface area contributed by atoms with E-state index >= 15 is 0 Å². The largest absolute Gasteiger partial charge is 0.344 e. The second-order valence-corrected chi connectivity index (χ2v) is 4.09. The lowest BCUT2D eigenvalue weighted by Gasteiger charge is -2.23. The maximum absolute atomic E-state index is 4.37. The summed E-state index contributed by atoms with van der Waals surface area (Å²) in [5.41, 5.74) is 1.20. The van der Waals surface area contributed by atoms with Crippen molar-refractivity contribution in [2.24, 2.45) is 0 Å². The zero-order chi connectivity index (χ0) is 9.97. The monoisotopic (exact) mass is 194 g/mol. The van der Waals surface area contributed by atoms with Crippen molar-refractivity contribution >= 4 is 0 Å². The Hall–Kier alpha value is -0.870. The van der Waals surface area contributed by atoms with E-state index in [1.165, 1.54) is 5.69 Å². The minimum atomic E-state index is 0.392. The summed E-state index contributed by atoms with van der Waals surface area (Å²) in [4.78, 5) is 7.74. The van der Waals surface area contributed by atoms with E-state index in [1.54, 1.807) is 0 Å². The van der Waals surface area contributed by atoms with Crippen molar-refractivity contribution in [3.63, 3.8) is 0 Å². The van der Waals surface area contributed by atoms with Crippen molar-refractivity contribution < 1.29 is 0 Å². The first-order valence-corrected chi connectivity index (χ1v) is 5.26. The molecule has 4 heteroatoms. The van der Waals surface area contributed by atoms with Crippen molar-refractivity contribution in [3.8, 4) is 0 Å². The van der Waals surface area contributed by atoms with Crippen molar-refractivity contribution in [3.05, 3.63) is 17.7 Å². The van der Waals surface area contributed by atoms with Crippen LogP contribution in [0, 0.1) is 0 Å². The first-order chi connectivity index (χ1) is 6.77. The van der Waals surface area contributed by atoms with Gasteiger partial charge in [0, 0.05) is 31.7 Å². The first-order valence-electron chi connectivity index (χ1n) is 5.26. The summed E-state index contributed by atoms with van der Waals surface area (Å²) in [5, 5.41) is 6.82. The summed E-state index contributed by atoms with van der Waals surface area (Å²) < 4.78 is 0. The van der Waals surface area contributed by atoms with Crippen LogP contribution in [0.4, 0.5) is 0 Å². The Kier molecular flexibility index (Phi) is 2.84. The Labute approximate surface area is 84.5 Å². The highest BCUT2D eigenvalue weighted by Crippen LogP contribution is 2.15. The molecule has 14 heavy (non-hydrogen) atoms. The molecule has 1 atom stereocenters. The summed E-state index contributed by atoms with van der Waals surface area (Å²) in [6.45, 7) is 7.37. The van der Waals surface area contributed by atoms with Gasteiger partial charge in [0.1, 0.15) is 5.82 Å². The van der Waals surface area contributed by atoms with Gasteiger partial charge in [-0.15, -0.1) is 0 Å². The molecule has 0 aliphatic carbocycles. The molecule has 1 aromatic heterocycles. The van der Waals surface area contributed by atoms with E-state index in [0.717, 1.165) is 25.5 Å². The van der Waals surface area contributed by atoms with Gasteiger partial charge in [-0.3, -0.25) is 0 Å². The van der Waals surface area contributed by atoms with E-state index in [-0.39, 0.29) is 0 Å². The zero-order valence-corrected chi connectivity index (χ0v) is 8.80. The topological polar surface area (TPSA) is 52.7 Å². The van der Waals surface area contributed by atoms with Crippen LogP contribution in [-0.4, -0.2) is 29.6 Å². The second kappa shape index (κ2) is 4.11. The number of aromatic nitrogens is 2. The van der Waals surface area contributed by atoms with Crippen molar-refractivity contribution in [2.45, 2.75) is 25.8 Å². The molecule has 2 heterocycles. The van der Waals surface area contributed by atoms with Crippen molar-refractivity contribution in [2.75, 3.05) is 19.6 Å². The number of piperazine rings is 1. The lowest BCUT2D eigenvalue weighted by molar-refractivity contribution is 0.423. The lowest BCUT2D eigenvalue weighted by Crippen LogP contribution is -2.42. The summed E-state index contributed by atoms with van der Waals surface area (Å²) in [6, 6.07) is 0.392. The maximum Gasteiger partial charge on any atom is 0.108 e. The molecule has 1 aliphatic heterocycles. The Bertz CT molecular complexity index is 286. The van der Waals surface area contributed by atoms with Crippen molar-refractivity contribution in [1.82, 2.24) is 20.6 Å². The summed E-state index contributed by atoms with van der Waals surface area (Å²) >= 11 is 0. The van der Waals surface area contributed by atoms with Gasteiger partial charge in [-0.05, 0) is 0 Å². The predicted molar refractivity (Wildman–Crippen MR) is 56.3 cm³/mol. The minimum absolute atomic E-state index is 0.392. The molecular formula is C10H18N4. The fourth-order valence-corrected chi connectivity index (χ4v) is 1.70. The summed E-state index contributed by atoms with van der Waals surface area (Å²) in [6.07, 6.45) is 1.94. The number of aromatic amines is 1. The highest BCUT2D eigenvalue weighted by atomic mass is 15.1. The van der Waals surface area contributed by atoms with Gasteiger partial charge in [-0.2, -0.15) is 0 Å². The highest BCUT2D eigenvalue weighted by molar-refractivity contribution is 5.10. The molecule has 1 unspecified atom stereocenters. The molecule has 78 valence electrons. The van der Waals surface area contributed by atoms with E-state index in [0.29, 0.717) is 12.0 Å². The Morgan fingerprint density at radius 2 is 2.29 bits per heavy atom. The molecular weight excluding hydrogens is 176 g/mol. The fourth-order valence-electron chi connectivity index (χ4n) is 1.70. The maximum atomic E-state index is 4.37. The Balaban J connectivity index is 2.07. The van der Waals surface area contributed by atoms with Gasteiger partial charge >= 0.3 is 0 Å².